The summed E-state index contributed by atoms with van der Waals surface area (Å²) >= 11 is 0. The average Bonchev–Trinajstić information content (AvgIpc) is 2.98. The third-order valence-electron chi connectivity index (χ3n) is 2.90. The number of nitrogens with one attached hydrogen (secondary N) is 2. The molecule has 1 unspecified atom stereocenters. The van der Waals surface area contributed by atoms with E-state index in [0.29, 0.717) is 17.8 Å². The molecule has 3 N–H and O–H groups in total. The topological polar surface area (TPSA) is 101 Å². The highest BCUT2D eigenvalue weighted by Gasteiger charge is 2.15. The standard InChI is InChI=1S/C12H19N7O/c1-8(2)9(6-20)15-11-16-10(13-3)17-12(18-11)19-5-4-14-7-19/h4-5,7-9,20H,6H2,1-3H3,(H2,13,15,16,17,18). The summed E-state index contributed by atoms with van der Waals surface area (Å²) in [4.78, 5) is 16.8. The van der Waals surface area contributed by atoms with Gasteiger partial charge < -0.3 is 15.7 Å². The SMILES string of the molecule is CNc1nc(NC(CO)C(C)C)nc(-n2ccnc2)n1. The summed E-state index contributed by atoms with van der Waals surface area (Å²) in [5.74, 6) is 1.59. The lowest BCUT2D eigenvalue weighted by Crippen LogP contribution is -2.30. The number of nitrogens with zero attached hydrogens (tertiary/aromatic N) is 5. The van der Waals surface area contributed by atoms with Crippen LogP contribution in [0.3, 0.4) is 0 Å². The van der Waals surface area contributed by atoms with Crippen molar-refractivity contribution in [1.29, 1.82) is 0 Å². The predicted molar refractivity (Wildman–Crippen MR) is 75.8 cm³/mol. The van der Waals surface area contributed by atoms with Crippen molar-refractivity contribution in [3.8, 4) is 5.95 Å². The van der Waals surface area contributed by atoms with Crippen LogP contribution in [-0.4, -0.2) is 49.3 Å². The van der Waals surface area contributed by atoms with Crippen molar-refractivity contribution in [1.82, 2.24) is 24.5 Å². The molecule has 0 saturated carbocycles. The van der Waals surface area contributed by atoms with E-state index in [-0.39, 0.29) is 18.6 Å². The second kappa shape index (κ2) is 6.29. The Bertz CT molecular complexity index is 541. The van der Waals surface area contributed by atoms with E-state index < -0.39 is 0 Å². The molecule has 20 heavy (non-hydrogen) atoms. The molecular formula is C12H19N7O. The van der Waals surface area contributed by atoms with E-state index in [4.69, 9.17) is 0 Å². The monoisotopic (exact) mass is 277 g/mol. The van der Waals surface area contributed by atoms with Gasteiger partial charge in [0.1, 0.15) is 6.33 Å². The van der Waals surface area contributed by atoms with Gasteiger partial charge in [0, 0.05) is 19.4 Å². The maximum Gasteiger partial charge on any atom is 0.241 e. The summed E-state index contributed by atoms with van der Waals surface area (Å²) in [5.41, 5.74) is 0. The molecular weight excluding hydrogens is 258 g/mol. The minimum atomic E-state index is -0.113. The largest absolute Gasteiger partial charge is 0.394 e. The number of hydrogen-bond acceptors (Lipinski definition) is 7. The average molecular weight is 277 g/mol. The first-order chi connectivity index (χ1) is 9.63. The molecule has 2 heterocycles. The van der Waals surface area contributed by atoms with Gasteiger partial charge in [0.25, 0.3) is 0 Å². The molecule has 108 valence electrons. The molecule has 0 aromatic carbocycles. The van der Waals surface area contributed by atoms with E-state index in [2.05, 4.69) is 30.6 Å². The molecule has 2 aromatic rings. The van der Waals surface area contributed by atoms with Crippen LogP contribution in [0.4, 0.5) is 11.9 Å². The summed E-state index contributed by atoms with van der Waals surface area (Å²) in [6.07, 6.45) is 5.02. The zero-order valence-corrected chi connectivity index (χ0v) is 11.8. The van der Waals surface area contributed by atoms with Gasteiger partial charge in [-0.05, 0) is 5.92 Å². The summed E-state index contributed by atoms with van der Waals surface area (Å²) in [5, 5.41) is 15.4. The minimum Gasteiger partial charge on any atom is -0.394 e. The van der Waals surface area contributed by atoms with E-state index in [1.54, 1.807) is 30.3 Å². The summed E-state index contributed by atoms with van der Waals surface area (Å²) in [6.45, 7) is 4.05. The van der Waals surface area contributed by atoms with E-state index in [1.807, 2.05) is 13.8 Å². The quantitative estimate of drug-likeness (QED) is 0.708. The Morgan fingerprint density at radius 1 is 1.25 bits per heavy atom. The van der Waals surface area contributed by atoms with Crippen LogP contribution in [0.2, 0.25) is 0 Å². The zero-order valence-electron chi connectivity index (χ0n) is 11.8. The Kier molecular flexibility index (Phi) is 4.46. The van der Waals surface area contributed by atoms with Crippen LogP contribution in [-0.2, 0) is 0 Å². The van der Waals surface area contributed by atoms with Crippen LogP contribution in [0, 0.1) is 5.92 Å². The molecule has 8 nitrogen and oxygen atoms in total. The zero-order chi connectivity index (χ0) is 14.5. The van der Waals surface area contributed by atoms with Crippen LogP contribution >= 0.6 is 0 Å². The van der Waals surface area contributed by atoms with Gasteiger partial charge >= 0.3 is 0 Å². The molecule has 0 spiro atoms. The van der Waals surface area contributed by atoms with Gasteiger partial charge in [-0.3, -0.25) is 4.57 Å². The van der Waals surface area contributed by atoms with Crippen molar-refractivity contribution in [2.45, 2.75) is 19.9 Å². The van der Waals surface area contributed by atoms with Crippen molar-refractivity contribution >= 4 is 11.9 Å². The van der Waals surface area contributed by atoms with Crippen molar-refractivity contribution in [2.75, 3.05) is 24.3 Å². The first-order valence-corrected chi connectivity index (χ1v) is 6.43. The molecule has 2 rings (SSSR count). The molecule has 0 fully saturated rings. The van der Waals surface area contributed by atoms with Crippen LogP contribution in [0.5, 0.6) is 0 Å². The lowest BCUT2D eigenvalue weighted by Gasteiger charge is -2.20. The van der Waals surface area contributed by atoms with Crippen LogP contribution in [0.1, 0.15) is 13.8 Å². The summed E-state index contributed by atoms with van der Waals surface area (Å²) < 4.78 is 1.69. The fraction of sp³-hybridized carbons (Fsp3) is 0.500. The van der Waals surface area contributed by atoms with Crippen LogP contribution in [0.15, 0.2) is 18.7 Å². The Morgan fingerprint density at radius 2 is 2.00 bits per heavy atom. The van der Waals surface area contributed by atoms with Crippen molar-refractivity contribution < 1.29 is 5.11 Å². The molecule has 0 saturated heterocycles. The molecule has 8 heteroatoms. The van der Waals surface area contributed by atoms with E-state index >= 15 is 0 Å². The molecule has 0 aliphatic heterocycles. The number of aliphatic hydroxyl groups excluding tert-OH is 1. The fourth-order valence-corrected chi connectivity index (χ4v) is 1.62. The van der Waals surface area contributed by atoms with Gasteiger partial charge in [0.2, 0.25) is 17.8 Å². The van der Waals surface area contributed by atoms with E-state index in [9.17, 15) is 5.11 Å². The summed E-state index contributed by atoms with van der Waals surface area (Å²) in [7, 11) is 1.74. The van der Waals surface area contributed by atoms with Gasteiger partial charge in [-0.2, -0.15) is 15.0 Å². The maximum atomic E-state index is 9.37. The van der Waals surface area contributed by atoms with E-state index in [0.717, 1.165) is 0 Å². The van der Waals surface area contributed by atoms with Crippen LogP contribution < -0.4 is 10.6 Å². The number of hydrogen-bond donors (Lipinski definition) is 3. The lowest BCUT2D eigenvalue weighted by molar-refractivity contribution is 0.248. The number of imidazole rings is 1. The molecule has 0 bridgehead atoms. The van der Waals surface area contributed by atoms with Crippen molar-refractivity contribution in [3.63, 3.8) is 0 Å². The molecule has 0 aliphatic rings. The highest BCUT2D eigenvalue weighted by molar-refractivity contribution is 5.38. The molecule has 2 aromatic heterocycles. The molecule has 0 radical (unpaired) electrons. The maximum absolute atomic E-state index is 9.37. The minimum absolute atomic E-state index is 0.0125. The predicted octanol–water partition coefficient (Wildman–Crippen LogP) is 0.528. The van der Waals surface area contributed by atoms with Gasteiger partial charge in [0.05, 0.1) is 12.6 Å². The lowest BCUT2D eigenvalue weighted by atomic mass is 10.1. The Morgan fingerprint density at radius 3 is 2.55 bits per heavy atom. The van der Waals surface area contributed by atoms with E-state index in [1.165, 1.54) is 0 Å². The fourth-order valence-electron chi connectivity index (χ4n) is 1.62. The molecule has 0 aliphatic carbocycles. The smallest absolute Gasteiger partial charge is 0.241 e. The normalized spacial score (nSPS) is 12.4. The third-order valence-corrected chi connectivity index (χ3v) is 2.90. The number of rotatable bonds is 6. The van der Waals surface area contributed by atoms with Gasteiger partial charge in [-0.1, -0.05) is 13.8 Å². The highest BCUT2D eigenvalue weighted by Crippen LogP contribution is 2.12. The van der Waals surface area contributed by atoms with Gasteiger partial charge in [0.15, 0.2) is 0 Å². The van der Waals surface area contributed by atoms with Crippen molar-refractivity contribution in [2.24, 2.45) is 5.92 Å². The Labute approximate surface area is 117 Å². The van der Waals surface area contributed by atoms with Gasteiger partial charge in [-0.25, -0.2) is 4.98 Å². The van der Waals surface area contributed by atoms with Crippen LogP contribution in [0.25, 0.3) is 5.95 Å². The first-order valence-electron chi connectivity index (χ1n) is 6.43. The number of aliphatic hydroxyl groups is 1. The third kappa shape index (κ3) is 3.21. The Balaban J connectivity index is 2.31. The second-order valence-electron chi connectivity index (χ2n) is 4.68. The first kappa shape index (κ1) is 14.2. The molecule has 0 amide bonds. The second-order valence-corrected chi connectivity index (χ2v) is 4.68. The number of anilines is 2. The van der Waals surface area contributed by atoms with Gasteiger partial charge in [-0.15, -0.1) is 0 Å². The highest BCUT2D eigenvalue weighted by atomic mass is 16.3. The Hall–Kier alpha value is -2.22. The number of aromatic nitrogens is 5. The summed E-state index contributed by atoms with van der Waals surface area (Å²) in [6, 6.07) is -0.113. The molecule has 1 atom stereocenters. The van der Waals surface area contributed by atoms with Crippen molar-refractivity contribution in [3.05, 3.63) is 18.7 Å².